The van der Waals surface area contributed by atoms with Gasteiger partial charge in [0.25, 0.3) is 0 Å². The molecular weight excluding hydrogens is 262 g/mol. The SMILES string of the molecule is COc1ccnc(N(C)C(C)c2ccc(Cl)cc2)n1. The summed E-state index contributed by atoms with van der Waals surface area (Å²) in [6, 6.07) is 9.64. The van der Waals surface area contributed by atoms with Crippen LogP contribution >= 0.6 is 11.6 Å². The van der Waals surface area contributed by atoms with Crippen molar-refractivity contribution in [2.24, 2.45) is 0 Å². The number of methoxy groups -OCH3 is 1. The molecule has 19 heavy (non-hydrogen) atoms. The van der Waals surface area contributed by atoms with Crippen LogP contribution in [-0.2, 0) is 0 Å². The van der Waals surface area contributed by atoms with E-state index in [1.165, 1.54) is 0 Å². The molecule has 1 unspecified atom stereocenters. The molecule has 0 spiro atoms. The molecule has 1 heterocycles. The lowest BCUT2D eigenvalue weighted by Gasteiger charge is -2.25. The molecule has 5 heteroatoms. The number of hydrogen-bond donors (Lipinski definition) is 0. The summed E-state index contributed by atoms with van der Waals surface area (Å²) in [4.78, 5) is 10.6. The topological polar surface area (TPSA) is 38.2 Å². The molecule has 1 atom stereocenters. The zero-order valence-electron chi connectivity index (χ0n) is 11.2. The van der Waals surface area contributed by atoms with E-state index in [1.807, 2.05) is 36.2 Å². The van der Waals surface area contributed by atoms with Crippen molar-refractivity contribution in [1.82, 2.24) is 9.97 Å². The Labute approximate surface area is 118 Å². The van der Waals surface area contributed by atoms with Gasteiger partial charge in [-0.05, 0) is 24.6 Å². The maximum atomic E-state index is 5.90. The summed E-state index contributed by atoms with van der Waals surface area (Å²) < 4.78 is 5.11. The maximum Gasteiger partial charge on any atom is 0.228 e. The van der Waals surface area contributed by atoms with Crippen LogP contribution in [0.5, 0.6) is 5.88 Å². The molecule has 0 fully saturated rings. The van der Waals surface area contributed by atoms with Crippen molar-refractivity contribution >= 4 is 17.5 Å². The van der Waals surface area contributed by atoms with Crippen LogP contribution in [0.4, 0.5) is 5.95 Å². The second-order valence-corrected chi connectivity index (χ2v) is 4.67. The van der Waals surface area contributed by atoms with Gasteiger partial charge in [0.15, 0.2) is 0 Å². The van der Waals surface area contributed by atoms with Gasteiger partial charge in [-0.25, -0.2) is 4.98 Å². The number of ether oxygens (including phenoxy) is 1. The molecule has 0 radical (unpaired) electrons. The van der Waals surface area contributed by atoms with Gasteiger partial charge in [-0.15, -0.1) is 0 Å². The highest BCUT2D eigenvalue weighted by Gasteiger charge is 2.15. The second-order valence-electron chi connectivity index (χ2n) is 4.24. The first-order chi connectivity index (χ1) is 9.11. The zero-order chi connectivity index (χ0) is 13.8. The summed E-state index contributed by atoms with van der Waals surface area (Å²) in [6.07, 6.45) is 1.69. The smallest absolute Gasteiger partial charge is 0.228 e. The molecule has 4 nitrogen and oxygen atoms in total. The van der Waals surface area contributed by atoms with Crippen molar-refractivity contribution in [3.63, 3.8) is 0 Å². The Morgan fingerprint density at radius 3 is 2.53 bits per heavy atom. The summed E-state index contributed by atoms with van der Waals surface area (Å²) in [7, 11) is 3.54. The second kappa shape index (κ2) is 5.89. The van der Waals surface area contributed by atoms with E-state index in [0.717, 1.165) is 10.6 Å². The largest absolute Gasteiger partial charge is 0.481 e. The van der Waals surface area contributed by atoms with Crippen LogP contribution in [0.25, 0.3) is 0 Å². The van der Waals surface area contributed by atoms with E-state index in [4.69, 9.17) is 16.3 Å². The summed E-state index contributed by atoms with van der Waals surface area (Å²) >= 11 is 5.90. The average molecular weight is 278 g/mol. The van der Waals surface area contributed by atoms with Crippen molar-refractivity contribution in [3.05, 3.63) is 47.1 Å². The number of halogens is 1. The zero-order valence-corrected chi connectivity index (χ0v) is 11.9. The van der Waals surface area contributed by atoms with Crippen molar-refractivity contribution in [1.29, 1.82) is 0 Å². The van der Waals surface area contributed by atoms with Crippen molar-refractivity contribution in [2.45, 2.75) is 13.0 Å². The van der Waals surface area contributed by atoms with Gasteiger partial charge >= 0.3 is 0 Å². The Balaban J connectivity index is 2.22. The lowest BCUT2D eigenvalue weighted by atomic mass is 10.1. The Hall–Kier alpha value is -1.81. The third-order valence-electron chi connectivity index (χ3n) is 3.08. The molecular formula is C14H16ClN3O. The highest BCUT2D eigenvalue weighted by Crippen LogP contribution is 2.24. The van der Waals surface area contributed by atoms with Crippen molar-refractivity contribution in [3.8, 4) is 5.88 Å². The number of hydrogen-bond acceptors (Lipinski definition) is 4. The van der Waals surface area contributed by atoms with E-state index >= 15 is 0 Å². The summed E-state index contributed by atoms with van der Waals surface area (Å²) in [6.45, 7) is 2.09. The predicted octanol–water partition coefficient (Wildman–Crippen LogP) is 3.34. The van der Waals surface area contributed by atoms with E-state index in [2.05, 4.69) is 16.9 Å². The van der Waals surface area contributed by atoms with Gasteiger partial charge in [-0.3, -0.25) is 0 Å². The van der Waals surface area contributed by atoms with Gasteiger partial charge < -0.3 is 9.64 Å². The Morgan fingerprint density at radius 2 is 1.89 bits per heavy atom. The fourth-order valence-electron chi connectivity index (χ4n) is 1.75. The molecule has 0 aliphatic carbocycles. The van der Waals surface area contributed by atoms with Gasteiger partial charge in [-0.2, -0.15) is 4.98 Å². The van der Waals surface area contributed by atoms with Crippen LogP contribution in [0.15, 0.2) is 36.5 Å². The van der Waals surface area contributed by atoms with E-state index in [1.54, 1.807) is 19.4 Å². The number of nitrogens with zero attached hydrogens (tertiary/aromatic N) is 3. The third kappa shape index (κ3) is 3.15. The van der Waals surface area contributed by atoms with Crippen LogP contribution in [0.3, 0.4) is 0 Å². The lowest BCUT2D eigenvalue weighted by Crippen LogP contribution is -2.23. The predicted molar refractivity (Wildman–Crippen MR) is 76.9 cm³/mol. The molecule has 100 valence electrons. The fourth-order valence-corrected chi connectivity index (χ4v) is 1.88. The van der Waals surface area contributed by atoms with Gasteiger partial charge in [0.05, 0.1) is 13.2 Å². The van der Waals surface area contributed by atoms with E-state index in [0.29, 0.717) is 11.8 Å². The van der Waals surface area contributed by atoms with Crippen LogP contribution in [0, 0.1) is 0 Å². The maximum absolute atomic E-state index is 5.90. The monoisotopic (exact) mass is 277 g/mol. The minimum absolute atomic E-state index is 0.143. The third-order valence-corrected chi connectivity index (χ3v) is 3.33. The van der Waals surface area contributed by atoms with Crippen LogP contribution < -0.4 is 9.64 Å². The number of anilines is 1. The Bertz CT molecular complexity index is 545. The van der Waals surface area contributed by atoms with E-state index < -0.39 is 0 Å². The van der Waals surface area contributed by atoms with Gasteiger partial charge in [0.1, 0.15) is 0 Å². The van der Waals surface area contributed by atoms with Crippen LogP contribution in [0.1, 0.15) is 18.5 Å². The number of benzene rings is 1. The van der Waals surface area contributed by atoms with Gasteiger partial charge in [0, 0.05) is 24.3 Å². The van der Waals surface area contributed by atoms with Crippen LogP contribution in [-0.4, -0.2) is 24.1 Å². The first-order valence-corrected chi connectivity index (χ1v) is 6.35. The fraction of sp³-hybridized carbons (Fsp3) is 0.286. The molecule has 0 aliphatic rings. The molecule has 1 aromatic carbocycles. The summed E-state index contributed by atoms with van der Waals surface area (Å²) in [5.41, 5.74) is 1.15. The minimum Gasteiger partial charge on any atom is -0.481 e. The number of rotatable bonds is 4. The molecule has 0 aliphatic heterocycles. The quantitative estimate of drug-likeness (QED) is 0.859. The molecule has 0 saturated carbocycles. The Kier molecular flexibility index (Phi) is 4.22. The van der Waals surface area contributed by atoms with Crippen molar-refractivity contribution < 1.29 is 4.74 Å². The average Bonchev–Trinajstić information content (AvgIpc) is 2.46. The molecule has 2 aromatic rings. The lowest BCUT2D eigenvalue weighted by molar-refractivity contribution is 0.396. The molecule has 1 aromatic heterocycles. The van der Waals surface area contributed by atoms with Crippen molar-refractivity contribution in [2.75, 3.05) is 19.1 Å². The highest BCUT2D eigenvalue weighted by molar-refractivity contribution is 6.30. The van der Waals surface area contributed by atoms with Gasteiger partial charge in [-0.1, -0.05) is 23.7 Å². The highest BCUT2D eigenvalue weighted by atomic mass is 35.5. The molecule has 0 amide bonds. The normalized spacial score (nSPS) is 12.0. The summed E-state index contributed by atoms with van der Waals surface area (Å²) in [5, 5.41) is 0.733. The molecule has 0 bridgehead atoms. The Morgan fingerprint density at radius 1 is 1.21 bits per heavy atom. The van der Waals surface area contributed by atoms with Crippen LogP contribution in [0.2, 0.25) is 5.02 Å². The number of aromatic nitrogens is 2. The van der Waals surface area contributed by atoms with E-state index in [9.17, 15) is 0 Å². The summed E-state index contributed by atoms with van der Waals surface area (Å²) in [5.74, 6) is 1.18. The minimum atomic E-state index is 0.143. The molecule has 2 rings (SSSR count). The van der Waals surface area contributed by atoms with E-state index in [-0.39, 0.29) is 6.04 Å². The molecule has 0 N–H and O–H groups in total. The first-order valence-electron chi connectivity index (χ1n) is 5.97. The van der Waals surface area contributed by atoms with Gasteiger partial charge in [0.2, 0.25) is 11.8 Å². The first kappa shape index (κ1) is 13.6. The standard InChI is InChI=1S/C14H16ClN3O/c1-10(11-4-6-12(15)7-5-11)18(2)14-16-9-8-13(17-14)19-3/h4-10H,1-3H3. The molecule has 0 saturated heterocycles.